The Kier molecular flexibility index (Phi) is 3.21. The van der Waals surface area contributed by atoms with E-state index in [-0.39, 0.29) is 0 Å². The molecule has 0 spiro atoms. The molecule has 0 N–H and O–H groups in total. The molecule has 4 nitrogen and oxygen atoms in total. The molecule has 1 unspecified atom stereocenters. The zero-order chi connectivity index (χ0) is 12.1. The SMILES string of the molecule is C=P(C)(C)N1CN(P(=C)(C)N2CN(C)C2)C1. The van der Waals surface area contributed by atoms with Crippen molar-refractivity contribution in [3.05, 3.63) is 0 Å². The summed E-state index contributed by atoms with van der Waals surface area (Å²) < 4.78 is 7.55. The highest BCUT2D eigenvalue weighted by Gasteiger charge is 2.39. The third-order valence-corrected chi connectivity index (χ3v) is 8.17. The first-order chi connectivity index (χ1) is 7.21. The van der Waals surface area contributed by atoms with E-state index in [1.165, 1.54) is 0 Å². The lowest BCUT2D eigenvalue weighted by atomic mass is 10.6. The fourth-order valence-electron chi connectivity index (χ4n) is 1.92. The van der Waals surface area contributed by atoms with E-state index in [2.05, 4.69) is 58.6 Å². The topological polar surface area (TPSA) is 13.0 Å². The normalized spacial score (nSPS) is 29.5. The molecule has 0 bridgehead atoms. The molecule has 2 aliphatic rings. The Morgan fingerprint density at radius 3 is 1.62 bits per heavy atom. The van der Waals surface area contributed by atoms with Gasteiger partial charge in [0.15, 0.2) is 0 Å². The molecule has 2 fully saturated rings. The molecule has 16 heavy (non-hydrogen) atoms. The van der Waals surface area contributed by atoms with Crippen molar-refractivity contribution in [3.63, 3.8) is 0 Å². The first kappa shape index (κ1) is 12.9. The van der Waals surface area contributed by atoms with E-state index in [0.717, 1.165) is 26.7 Å². The van der Waals surface area contributed by atoms with Crippen molar-refractivity contribution >= 4 is 26.8 Å². The van der Waals surface area contributed by atoms with Gasteiger partial charge in [-0.15, -0.1) is 0 Å². The molecule has 0 aromatic heterocycles. The van der Waals surface area contributed by atoms with Crippen LogP contribution in [0.15, 0.2) is 0 Å². The third-order valence-electron chi connectivity index (χ3n) is 3.45. The van der Waals surface area contributed by atoms with E-state index in [4.69, 9.17) is 0 Å². The largest absolute Gasteiger partial charge is 0.280 e. The molecule has 1 atom stereocenters. The van der Waals surface area contributed by atoms with Crippen molar-refractivity contribution < 1.29 is 0 Å². The Bertz CT molecular complexity index is 363. The number of rotatable bonds is 3. The minimum Gasteiger partial charge on any atom is -0.280 e. The van der Waals surface area contributed by atoms with Gasteiger partial charge in [0, 0.05) is 7.19 Å². The highest BCUT2D eigenvalue weighted by atomic mass is 31.2. The zero-order valence-electron chi connectivity index (χ0n) is 10.9. The van der Waals surface area contributed by atoms with E-state index in [1.807, 2.05) is 0 Å². The second kappa shape index (κ2) is 3.98. The first-order valence-electron chi connectivity index (χ1n) is 5.55. The number of hydrogen-bond acceptors (Lipinski definition) is 4. The third kappa shape index (κ3) is 2.20. The van der Waals surface area contributed by atoms with Gasteiger partial charge >= 0.3 is 0 Å². The van der Waals surface area contributed by atoms with Crippen LogP contribution >= 0.6 is 14.2 Å². The van der Waals surface area contributed by atoms with E-state index in [1.54, 1.807) is 0 Å². The zero-order valence-corrected chi connectivity index (χ0v) is 12.7. The summed E-state index contributed by atoms with van der Waals surface area (Å²) in [6.45, 7) is 11.2. The van der Waals surface area contributed by atoms with Crippen LogP contribution < -0.4 is 0 Å². The summed E-state index contributed by atoms with van der Waals surface area (Å²) in [5.74, 6) is 0. The highest BCUT2D eigenvalue weighted by Crippen LogP contribution is 2.57. The molecule has 0 saturated carbocycles. The molecule has 0 aromatic carbocycles. The van der Waals surface area contributed by atoms with Crippen molar-refractivity contribution in [2.24, 2.45) is 0 Å². The van der Waals surface area contributed by atoms with Gasteiger partial charge in [-0.3, -0.25) is 9.57 Å². The molecule has 6 heteroatoms. The van der Waals surface area contributed by atoms with E-state index in [9.17, 15) is 0 Å². The fourth-order valence-corrected chi connectivity index (χ4v) is 5.29. The first-order valence-corrected chi connectivity index (χ1v) is 10.7. The van der Waals surface area contributed by atoms with Crippen LogP contribution in [-0.4, -0.2) is 85.2 Å². The summed E-state index contributed by atoms with van der Waals surface area (Å²) in [5, 5.41) is 0. The predicted molar refractivity (Wildman–Crippen MR) is 78.6 cm³/mol. The van der Waals surface area contributed by atoms with Crippen LogP contribution in [0.25, 0.3) is 0 Å². The molecule has 2 heterocycles. The Morgan fingerprint density at radius 1 is 0.812 bits per heavy atom. The Morgan fingerprint density at radius 2 is 1.25 bits per heavy atom. The van der Waals surface area contributed by atoms with Crippen molar-refractivity contribution in [1.82, 2.24) is 18.9 Å². The molecular formula is C10H24N4P2. The van der Waals surface area contributed by atoms with Crippen LogP contribution in [-0.2, 0) is 0 Å². The van der Waals surface area contributed by atoms with Gasteiger partial charge in [-0.25, -0.2) is 9.34 Å². The minimum atomic E-state index is -1.27. The quantitative estimate of drug-likeness (QED) is 0.709. The summed E-state index contributed by atoms with van der Waals surface area (Å²) in [4.78, 5) is 2.32. The Labute approximate surface area is 99.9 Å². The van der Waals surface area contributed by atoms with Gasteiger partial charge in [0.2, 0.25) is 0 Å². The summed E-state index contributed by atoms with van der Waals surface area (Å²) in [6.07, 6.45) is 8.75. The molecule has 2 rings (SSSR count). The molecule has 0 amide bonds. The van der Waals surface area contributed by atoms with Crippen LogP contribution in [0.2, 0.25) is 0 Å². The summed E-state index contributed by atoms with van der Waals surface area (Å²) in [6, 6.07) is 0. The molecule has 94 valence electrons. The highest BCUT2D eigenvalue weighted by molar-refractivity contribution is 7.70. The molecule has 2 aliphatic heterocycles. The average molecular weight is 262 g/mol. The average Bonchev–Trinajstić information content (AvgIpc) is 1.91. The fraction of sp³-hybridized carbons (Fsp3) is 0.800. The lowest BCUT2D eigenvalue weighted by Gasteiger charge is -2.58. The second-order valence-corrected chi connectivity index (χ2v) is 12.8. The van der Waals surface area contributed by atoms with Crippen LogP contribution in [0.1, 0.15) is 0 Å². The standard InChI is InChI=1S/C10H24N4P2/c1-11-7-13(8-11)16(5,6)14-9-12(10-14)15(2,3)4/h2,5,7-10H2,1,3-4,6H3. The second-order valence-electron chi connectivity index (χ2n) is 5.65. The van der Waals surface area contributed by atoms with Crippen LogP contribution in [0, 0.1) is 0 Å². The maximum absolute atomic E-state index is 4.47. The lowest BCUT2D eigenvalue weighted by Crippen LogP contribution is -2.58. The van der Waals surface area contributed by atoms with Gasteiger partial charge in [-0.05, 0) is 27.0 Å². The van der Waals surface area contributed by atoms with Crippen molar-refractivity contribution in [3.8, 4) is 0 Å². The van der Waals surface area contributed by atoms with E-state index in [0.29, 0.717) is 0 Å². The minimum absolute atomic E-state index is 1.06. The van der Waals surface area contributed by atoms with Gasteiger partial charge in [-0.2, -0.15) is 0 Å². The maximum Gasteiger partial charge on any atom is 0.0613 e. The monoisotopic (exact) mass is 262 g/mol. The Balaban J connectivity index is 1.92. The maximum atomic E-state index is 4.47. The number of hydrogen-bond donors (Lipinski definition) is 0. The van der Waals surface area contributed by atoms with Crippen LogP contribution in [0.5, 0.6) is 0 Å². The van der Waals surface area contributed by atoms with Crippen molar-refractivity contribution in [1.29, 1.82) is 0 Å². The predicted octanol–water partition coefficient (Wildman–Crippen LogP) is 1.21. The van der Waals surface area contributed by atoms with E-state index < -0.39 is 14.2 Å². The van der Waals surface area contributed by atoms with Gasteiger partial charge in [0.05, 0.1) is 26.7 Å². The molecule has 0 aromatic rings. The molecular weight excluding hydrogens is 238 g/mol. The summed E-state index contributed by atoms with van der Waals surface area (Å²) in [5.41, 5.74) is 0. The van der Waals surface area contributed by atoms with Gasteiger partial charge in [-0.1, -0.05) is 19.6 Å². The number of nitrogens with zero attached hydrogens (tertiary/aromatic N) is 4. The van der Waals surface area contributed by atoms with E-state index >= 15 is 0 Å². The van der Waals surface area contributed by atoms with Gasteiger partial charge in [0.25, 0.3) is 0 Å². The summed E-state index contributed by atoms with van der Waals surface area (Å²) >= 11 is 0. The molecule has 0 aliphatic carbocycles. The van der Waals surface area contributed by atoms with Crippen LogP contribution in [0.3, 0.4) is 0 Å². The van der Waals surface area contributed by atoms with Crippen molar-refractivity contribution in [2.75, 3.05) is 53.7 Å². The van der Waals surface area contributed by atoms with Crippen molar-refractivity contribution in [2.45, 2.75) is 0 Å². The van der Waals surface area contributed by atoms with Crippen LogP contribution in [0.4, 0.5) is 0 Å². The van der Waals surface area contributed by atoms with Gasteiger partial charge in [0.1, 0.15) is 0 Å². The molecule has 0 radical (unpaired) electrons. The van der Waals surface area contributed by atoms with Gasteiger partial charge < -0.3 is 0 Å². The molecule has 2 saturated heterocycles. The Hall–Kier alpha value is 0.440. The lowest BCUT2D eigenvalue weighted by molar-refractivity contribution is 0.0506. The summed E-state index contributed by atoms with van der Waals surface area (Å²) in [7, 11) is -0.173. The smallest absolute Gasteiger partial charge is 0.0613 e.